The predicted octanol–water partition coefficient (Wildman–Crippen LogP) is 2.26. The van der Waals surface area contributed by atoms with Crippen molar-refractivity contribution in [3.63, 3.8) is 0 Å². The summed E-state index contributed by atoms with van der Waals surface area (Å²) in [5.74, 6) is 1.04. The SMILES string of the molecule is CNC1CCCCCC1SCC(=O)N1CCCC1. The second-order valence-electron chi connectivity index (χ2n) is 5.47. The number of carbonyl (C=O) groups excluding carboxylic acids is 1. The summed E-state index contributed by atoms with van der Waals surface area (Å²) >= 11 is 1.88. The molecule has 18 heavy (non-hydrogen) atoms. The lowest BCUT2D eigenvalue weighted by molar-refractivity contribution is -0.127. The van der Waals surface area contributed by atoms with Crippen LogP contribution in [0.2, 0.25) is 0 Å². The molecule has 0 aromatic rings. The van der Waals surface area contributed by atoms with Gasteiger partial charge in [-0.05, 0) is 32.7 Å². The lowest BCUT2D eigenvalue weighted by atomic mass is 10.1. The van der Waals surface area contributed by atoms with Crippen LogP contribution in [0.5, 0.6) is 0 Å². The Morgan fingerprint density at radius 1 is 1.17 bits per heavy atom. The lowest BCUT2D eigenvalue weighted by Gasteiger charge is -2.25. The highest BCUT2D eigenvalue weighted by Gasteiger charge is 2.25. The van der Waals surface area contributed by atoms with Gasteiger partial charge in [0.05, 0.1) is 5.75 Å². The second kappa shape index (κ2) is 7.39. The van der Waals surface area contributed by atoms with Crippen molar-refractivity contribution in [1.82, 2.24) is 10.2 Å². The molecule has 1 saturated heterocycles. The van der Waals surface area contributed by atoms with Crippen LogP contribution in [0.25, 0.3) is 0 Å². The van der Waals surface area contributed by atoms with E-state index in [0.29, 0.717) is 23.0 Å². The number of amides is 1. The van der Waals surface area contributed by atoms with Gasteiger partial charge in [-0.2, -0.15) is 0 Å². The number of hydrogen-bond acceptors (Lipinski definition) is 3. The van der Waals surface area contributed by atoms with E-state index in [2.05, 4.69) is 12.4 Å². The third-order valence-electron chi connectivity index (χ3n) is 4.20. The van der Waals surface area contributed by atoms with Crippen molar-refractivity contribution in [1.29, 1.82) is 0 Å². The van der Waals surface area contributed by atoms with Gasteiger partial charge in [0.25, 0.3) is 0 Å². The molecule has 4 heteroatoms. The highest BCUT2D eigenvalue weighted by Crippen LogP contribution is 2.28. The van der Waals surface area contributed by atoms with Gasteiger partial charge in [-0.1, -0.05) is 19.3 Å². The van der Waals surface area contributed by atoms with Crippen LogP contribution in [-0.4, -0.2) is 48.0 Å². The Balaban J connectivity index is 1.77. The van der Waals surface area contributed by atoms with Crippen LogP contribution < -0.4 is 5.32 Å². The number of thioether (sulfide) groups is 1. The monoisotopic (exact) mass is 270 g/mol. The quantitative estimate of drug-likeness (QED) is 0.795. The molecule has 1 aliphatic carbocycles. The second-order valence-corrected chi connectivity index (χ2v) is 6.70. The van der Waals surface area contributed by atoms with Gasteiger partial charge >= 0.3 is 0 Å². The molecular formula is C14H26N2OS. The largest absolute Gasteiger partial charge is 0.342 e. The third kappa shape index (κ3) is 3.89. The van der Waals surface area contributed by atoms with E-state index in [1.807, 2.05) is 16.7 Å². The highest BCUT2D eigenvalue weighted by atomic mass is 32.2. The van der Waals surface area contributed by atoms with Crippen LogP contribution in [0.3, 0.4) is 0 Å². The Kier molecular flexibility index (Phi) is 5.83. The van der Waals surface area contributed by atoms with Crippen molar-refractivity contribution in [2.45, 2.75) is 56.2 Å². The maximum absolute atomic E-state index is 12.1. The van der Waals surface area contributed by atoms with Gasteiger partial charge in [0.2, 0.25) is 5.91 Å². The molecule has 3 nitrogen and oxygen atoms in total. The molecule has 1 N–H and O–H groups in total. The molecule has 0 radical (unpaired) electrons. The number of carbonyl (C=O) groups is 1. The van der Waals surface area contributed by atoms with Gasteiger partial charge in [-0.15, -0.1) is 11.8 Å². The van der Waals surface area contributed by atoms with Crippen molar-refractivity contribution in [2.24, 2.45) is 0 Å². The van der Waals surface area contributed by atoms with Gasteiger partial charge in [-0.3, -0.25) is 4.79 Å². The van der Waals surface area contributed by atoms with E-state index >= 15 is 0 Å². The first-order valence-electron chi connectivity index (χ1n) is 7.38. The number of nitrogens with zero attached hydrogens (tertiary/aromatic N) is 1. The zero-order valence-electron chi connectivity index (χ0n) is 11.5. The summed E-state index contributed by atoms with van der Waals surface area (Å²) in [5.41, 5.74) is 0. The standard InChI is InChI=1S/C14H26N2OS/c1-15-12-7-3-2-4-8-13(12)18-11-14(17)16-9-5-6-10-16/h12-13,15H,2-11H2,1H3. The van der Waals surface area contributed by atoms with E-state index in [4.69, 9.17) is 0 Å². The third-order valence-corrected chi connectivity index (χ3v) is 5.61. The molecule has 1 saturated carbocycles. The van der Waals surface area contributed by atoms with E-state index in [9.17, 15) is 4.79 Å². The Morgan fingerprint density at radius 3 is 2.61 bits per heavy atom. The first-order chi connectivity index (χ1) is 8.81. The van der Waals surface area contributed by atoms with Gasteiger partial charge in [0.15, 0.2) is 0 Å². The summed E-state index contributed by atoms with van der Waals surface area (Å²) in [6.45, 7) is 1.97. The van der Waals surface area contributed by atoms with E-state index in [0.717, 1.165) is 13.1 Å². The highest BCUT2D eigenvalue weighted by molar-refractivity contribution is 8.00. The van der Waals surface area contributed by atoms with Crippen molar-refractivity contribution in [3.05, 3.63) is 0 Å². The van der Waals surface area contributed by atoms with Crippen LogP contribution in [0.1, 0.15) is 44.9 Å². The molecule has 1 aliphatic heterocycles. The minimum absolute atomic E-state index is 0.358. The molecule has 1 amide bonds. The Morgan fingerprint density at radius 2 is 1.89 bits per heavy atom. The zero-order chi connectivity index (χ0) is 12.8. The lowest BCUT2D eigenvalue weighted by Crippen LogP contribution is -2.36. The van der Waals surface area contributed by atoms with E-state index in [-0.39, 0.29) is 0 Å². The molecular weight excluding hydrogens is 244 g/mol. The van der Waals surface area contributed by atoms with Gasteiger partial charge in [-0.25, -0.2) is 0 Å². The Labute approximate surface area is 115 Å². The fourth-order valence-corrected chi connectivity index (χ4v) is 4.42. The molecule has 2 fully saturated rings. The predicted molar refractivity (Wildman–Crippen MR) is 78.0 cm³/mol. The van der Waals surface area contributed by atoms with Crippen molar-refractivity contribution < 1.29 is 4.79 Å². The summed E-state index contributed by atoms with van der Waals surface area (Å²) in [4.78, 5) is 14.1. The van der Waals surface area contributed by atoms with E-state index in [1.54, 1.807) is 0 Å². The molecule has 104 valence electrons. The average Bonchev–Trinajstić information content (AvgIpc) is 2.82. The molecule has 2 aliphatic rings. The molecule has 1 heterocycles. The first kappa shape index (κ1) is 14.2. The first-order valence-corrected chi connectivity index (χ1v) is 8.43. The zero-order valence-corrected chi connectivity index (χ0v) is 12.3. The fourth-order valence-electron chi connectivity index (χ4n) is 3.04. The van der Waals surface area contributed by atoms with Gasteiger partial charge in [0, 0.05) is 24.4 Å². The number of nitrogens with one attached hydrogen (secondary N) is 1. The van der Waals surface area contributed by atoms with Crippen molar-refractivity contribution >= 4 is 17.7 Å². The van der Waals surface area contributed by atoms with Crippen molar-refractivity contribution in [3.8, 4) is 0 Å². The Hall–Kier alpha value is -0.220. The van der Waals surface area contributed by atoms with Crippen LogP contribution in [0.4, 0.5) is 0 Å². The summed E-state index contributed by atoms with van der Waals surface area (Å²) in [5, 5.41) is 4.07. The van der Waals surface area contributed by atoms with Gasteiger partial charge in [0.1, 0.15) is 0 Å². The molecule has 0 aromatic carbocycles. The van der Waals surface area contributed by atoms with E-state index < -0.39 is 0 Å². The molecule has 2 unspecified atom stereocenters. The minimum Gasteiger partial charge on any atom is -0.342 e. The van der Waals surface area contributed by atoms with Crippen molar-refractivity contribution in [2.75, 3.05) is 25.9 Å². The smallest absolute Gasteiger partial charge is 0.232 e. The topological polar surface area (TPSA) is 32.3 Å². The summed E-state index contributed by atoms with van der Waals surface area (Å²) in [7, 11) is 2.06. The normalized spacial score (nSPS) is 29.3. The number of hydrogen-bond donors (Lipinski definition) is 1. The fraction of sp³-hybridized carbons (Fsp3) is 0.929. The van der Waals surface area contributed by atoms with Crippen LogP contribution >= 0.6 is 11.8 Å². The Bertz CT molecular complexity index is 267. The van der Waals surface area contributed by atoms with Crippen LogP contribution in [0, 0.1) is 0 Å². The molecule has 0 bridgehead atoms. The number of rotatable bonds is 4. The maximum atomic E-state index is 12.1. The van der Waals surface area contributed by atoms with Crippen LogP contribution in [-0.2, 0) is 4.79 Å². The molecule has 2 rings (SSSR count). The van der Waals surface area contributed by atoms with Crippen LogP contribution in [0.15, 0.2) is 0 Å². The average molecular weight is 270 g/mol. The molecule has 0 spiro atoms. The summed E-state index contributed by atoms with van der Waals surface area (Å²) in [6.07, 6.45) is 8.94. The molecule has 0 aromatic heterocycles. The van der Waals surface area contributed by atoms with Gasteiger partial charge < -0.3 is 10.2 Å². The maximum Gasteiger partial charge on any atom is 0.232 e. The minimum atomic E-state index is 0.358. The molecule has 2 atom stereocenters. The van der Waals surface area contributed by atoms with E-state index in [1.165, 1.54) is 44.9 Å². The number of likely N-dealkylation sites (tertiary alicyclic amines) is 1. The summed E-state index contributed by atoms with van der Waals surface area (Å²) in [6, 6.07) is 0.601. The summed E-state index contributed by atoms with van der Waals surface area (Å²) < 4.78 is 0.